The maximum absolute atomic E-state index is 14.1. The summed E-state index contributed by atoms with van der Waals surface area (Å²) in [6.45, 7) is 3.27. The molecule has 1 aliphatic rings. The van der Waals surface area contributed by atoms with E-state index in [4.69, 9.17) is 4.74 Å². The van der Waals surface area contributed by atoms with E-state index < -0.39 is 49.4 Å². The van der Waals surface area contributed by atoms with Crippen LogP contribution in [-0.2, 0) is 9.30 Å². The third-order valence-electron chi connectivity index (χ3n) is 3.25. The van der Waals surface area contributed by atoms with Gasteiger partial charge >= 0.3 is 70.7 Å². The van der Waals surface area contributed by atoms with Crippen molar-refractivity contribution in [2.24, 2.45) is 0 Å². The van der Waals surface area contributed by atoms with Gasteiger partial charge in [-0.3, -0.25) is 14.3 Å². The summed E-state index contributed by atoms with van der Waals surface area (Å²) in [5, 5.41) is 9.50. The standard InChI is InChI=1S/C11H13F2N2O7P.2Na/c1-2-5-3-15(10(18)14-8(5)17)9-11(12,13)7(16)6(22-9)4-23(19,20)21;;/h2-3,6-7,9,16H,1,4H2,(H,14,17,18)(H2,19,20,21);;/q;2*+1/p-2/t6-,7-,9-;;/m1../s1. The monoisotopic (exact) mass is 398 g/mol. The number of alkyl halides is 2. The van der Waals surface area contributed by atoms with Crippen LogP contribution in [0.15, 0.2) is 22.4 Å². The number of aromatic amines is 1. The predicted molar refractivity (Wildman–Crippen MR) is 68.8 cm³/mol. The Balaban J connectivity index is 0.00000288. The molecule has 2 N–H and O–H groups in total. The van der Waals surface area contributed by atoms with Crippen LogP contribution < -0.4 is 80.2 Å². The summed E-state index contributed by atoms with van der Waals surface area (Å²) in [6, 6.07) is 0. The summed E-state index contributed by atoms with van der Waals surface area (Å²) < 4.78 is 43.9. The molecule has 1 aliphatic heterocycles. The van der Waals surface area contributed by atoms with Gasteiger partial charge in [-0.25, -0.2) is 4.79 Å². The van der Waals surface area contributed by atoms with E-state index in [1.165, 1.54) is 0 Å². The van der Waals surface area contributed by atoms with Crippen LogP contribution in [0.3, 0.4) is 0 Å². The Morgan fingerprint density at radius 3 is 2.48 bits per heavy atom. The molecule has 0 amide bonds. The molecule has 14 heteroatoms. The zero-order valence-electron chi connectivity index (χ0n) is 13.3. The van der Waals surface area contributed by atoms with E-state index in [1.807, 2.05) is 0 Å². The molecule has 1 aromatic heterocycles. The molecule has 25 heavy (non-hydrogen) atoms. The molecule has 1 saturated heterocycles. The predicted octanol–water partition coefficient (Wildman–Crippen LogP) is -8.01. The smallest absolute Gasteiger partial charge is 0.811 e. The second-order valence-corrected chi connectivity index (χ2v) is 6.48. The number of H-pyrrole nitrogens is 1. The third-order valence-corrected chi connectivity index (χ3v) is 4.06. The van der Waals surface area contributed by atoms with Gasteiger partial charge in [-0.2, -0.15) is 8.78 Å². The summed E-state index contributed by atoms with van der Waals surface area (Å²) >= 11 is 0. The van der Waals surface area contributed by atoms with Crippen molar-refractivity contribution in [1.29, 1.82) is 0 Å². The molecule has 2 rings (SSSR count). The minimum atomic E-state index is -5.24. The van der Waals surface area contributed by atoms with Gasteiger partial charge in [0.1, 0.15) is 6.10 Å². The molecule has 0 aromatic carbocycles. The van der Waals surface area contributed by atoms with Gasteiger partial charge in [0.2, 0.25) is 6.23 Å². The van der Waals surface area contributed by atoms with E-state index in [1.54, 1.807) is 4.98 Å². The van der Waals surface area contributed by atoms with Crippen LogP contribution in [0.5, 0.6) is 0 Å². The molecule has 0 radical (unpaired) electrons. The van der Waals surface area contributed by atoms with Crippen molar-refractivity contribution in [3.8, 4) is 0 Å². The summed E-state index contributed by atoms with van der Waals surface area (Å²) in [5.41, 5.74) is -2.35. The van der Waals surface area contributed by atoms with Crippen LogP contribution in [0.4, 0.5) is 8.78 Å². The van der Waals surface area contributed by atoms with Crippen LogP contribution in [0.25, 0.3) is 6.08 Å². The average molecular weight is 398 g/mol. The molecule has 128 valence electrons. The number of hydrogen-bond donors (Lipinski definition) is 2. The Morgan fingerprint density at radius 2 is 2.00 bits per heavy atom. The van der Waals surface area contributed by atoms with Crippen molar-refractivity contribution >= 4 is 13.7 Å². The van der Waals surface area contributed by atoms with E-state index in [2.05, 4.69) is 6.58 Å². The van der Waals surface area contributed by atoms with Gasteiger partial charge in [0, 0.05) is 12.4 Å². The van der Waals surface area contributed by atoms with Crippen molar-refractivity contribution in [3.63, 3.8) is 0 Å². The quantitative estimate of drug-likeness (QED) is 0.378. The van der Waals surface area contributed by atoms with Crippen molar-refractivity contribution in [3.05, 3.63) is 39.2 Å². The molecule has 2 heterocycles. The maximum atomic E-state index is 14.1. The number of aliphatic hydroxyl groups is 1. The maximum Gasteiger partial charge on any atom is 1.00 e. The minimum absolute atomic E-state index is 0. The Labute approximate surface area is 183 Å². The molecule has 0 aliphatic carbocycles. The molecular weight excluding hydrogens is 387 g/mol. The Hall–Kier alpha value is 0.350. The van der Waals surface area contributed by atoms with Crippen LogP contribution in [-0.4, -0.2) is 38.9 Å². The number of aliphatic hydroxyl groups excluding tert-OH is 1. The van der Waals surface area contributed by atoms with Crippen LogP contribution in [0.1, 0.15) is 11.8 Å². The van der Waals surface area contributed by atoms with E-state index in [0.29, 0.717) is 4.57 Å². The average Bonchev–Trinajstić information content (AvgIpc) is 2.61. The van der Waals surface area contributed by atoms with Gasteiger partial charge in [0.15, 0.2) is 0 Å². The van der Waals surface area contributed by atoms with E-state index >= 15 is 0 Å². The van der Waals surface area contributed by atoms with E-state index in [-0.39, 0.29) is 64.7 Å². The number of hydrogen-bond acceptors (Lipinski definition) is 7. The first-order valence-corrected chi connectivity index (χ1v) is 7.90. The van der Waals surface area contributed by atoms with Crippen molar-refractivity contribution in [1.82, 2.24) is 9.55 Å². The topological polar surface area (TPSA) is 148 Å². The first kappa shape index (κ1) is 25.4. The normalized spacial score (nSPS) is 24.9. The van der Waals surface area contributed by atoms with Crippen LogP contribution in [0.2, 0.25) is 0 Å². The molecule has 0 saturated carbocycles. The number of halogens is 2. The largest absolute Gasteiger partial charge is 1.00 e. The number of aromatic nitrogens is 2. The molecule has 0 unspecified atom stereocenters. The number of nitrogens with zero attached hydrogens (tertiary/aromatic N) is 1. The summed E-state index contributed by atoms with van der Waals surface area (Å²) in [7, 11) is -5.24. The Kier molecular flexibility index (Phi) is 9.15. The van der Waals surface area contributed by atoms with Crippen molar-refractivity contribution < 1.29 is 92.1 Å². The van der Waals surface area contributed by atoms with Gasteiger partial charge in [-0.05, 0) is 0 Å². The minimum Gasteiger partial charge on any atom is -0.811 e. The van der Waals surface area contributed by atoms with Crippen molar-refractivity contribution in [2.75, 3.05) is 6.16 Å². The fourth-order valence-corrected chi connectivity index (χ4v) is 2.89. The fourth-order valence-electron chi connectivity index (χ4n) is 2.16. The fraction of sp³-hybridized carbons (Fsp3) is 0.455. The van der Waals surface area contributed by atoms with E-state index in [0.717, 1.165) is 12.3 Å². The number of rotatable bonds is 4. The van der Waals surface area contributed by atoms with E-state index in [9.17, 15) is 37.8 Å². The Bertz CT molecular complexity index is 793. The van der Waals surface area contributed by atoms with Crippen LogP contribution >= 0.6 is 7.60 Å². The summed E-state index contributed by atoms with van der Waals surface area (Å²) in [4.78, 5) is 46.2. The third kappa shape index (κ3) is 5.43. The molecular formula is C11H11F2N2Na2O7P. The molecule has 0 bridgehead atoms. The Morgan fingerprint density at radius 1 is 1.44 bits per heavy atom. The number of ether oxygens (including phenoxy) is 1. The second-order valence-electron chi connectivity index (χ2n) is 4.89. The molecule has 9 nitrogen and oxygen atoms in total. The van der Waals surface area contributed by atoms with Gasteiger partial charge < -0.3 is 24.2 Å². The SMILES string of the molecule is C=Cc1cn([C@@H]2O[C@H](CP(=O)([O-])[O-])[C@@H](O)C2(F)F)c(=O)[nH]c1=O.[Na+].[Na+]. The molecule has 0 spiro atoms. The van der Waals surface area contributed by atoms with Gasteiger partial charge in [-0.15, -0.1) is 0 Å². The number of nitrogens with one attached hydrogen (secondary N) is 1. The van der Waals surface area contributed by atoms with Gasteiger partial charge in [0.25, 0.3) is 5.56 Å². The summed E-state index contributed by atoms with van der Waals surface area (Å²) in [6.07, 6.45) is -6.66. The second kappa shape index (κ2) is 9.03. The first-order chi connectivity index (χ1) is 10.5. The summed E-state index contributed by atoms with van der Waals surface area (Å²) in [5.74, 6) is -4.07. The van der Waals surface area contributed by atoms with Gasteiger partial charge in [-0.1, -0.05) is 20.3 Å². The van der Waals surface area contributed by atoms with Crippen molar-refractivity contribution in [2.45, 2.75) is 24.4 Å². The zero-order chi connectivity index (χ0) is 17.6. The molecule has 1 aromatic rings. The molecule has 1 fully saturated rings. The zero-order valence-corrected chi connectivity index (χ0v) is 18.2. The first-order valence-electron chi connectivity index (χ1n) is 6.17. The van der Waals surface area contributed by atoms with Crippen LogP contribution in [0, 0.1) is 0 Å². The van der Waals surface area contributed by atoms with Gasteiger partial charge in [0.05, 0.1) is 11.7 Å². The molecule has 3 atom stereocenters.